The molecular weight excluding hydrogens is 374 g/mol. The molecule has 0 spiro atoms. The molecular formula is C23H16ClNO3. The molecule has 28 heavy (non-hydrogen) atoms. The van der Waals surface area contributed by atoms with Gasteiger partial charge in [-0.1, -0.05) is 35.9 Å². The van der Waals surface area contributed by atoms with Gasteiger partial charge in [0.25, 0.3) is 5.91 Å². The van der Waals surface area contributed by atoms with Crippen molar-refractivity contribution in [3.63, 3.8) is 0 Å². The van der Waals surface area contributed by atoms with Crippen LogP contribution >= 0.6 is 11.6 Å². The highest BCUT2D eigenvalue weighted by molar-refractivity contribution is 6.30. The predicted octanol–water partition coefficient (Wildman–Crippen LogP) is 5.67. The number of rotatable bonds is 3. The minimum atomic E-state index is -0.281. The van der Waals surface area contributed by atoms with E-state index in [0.717, 1.165) is 11.1 Å². The van der Waals surface area contributed by atoms with Crippen molar-refractivity contribution in [1.29, 1.82) is 0 Å². The Morgan fingerprint density at radius 1 is 0.964 bits per heavy atom. The fourth-order valence-electron chi connectivity index (χ4n) is 3.02. The van der Waals surface area contributed by atoms with Crippen LogP contribution in [0.4, 0.5) is 5.69 Å². The van der Waals surface area contributed by atoms with Gasteiger partial charge in [-0.2, -0.15) is 0 Å². The van der Waals surface area contributed by atoms with E-state index in [2.05, 4.69) is 5.32 Å². The number of nitrogens with one attached hydrogen (secondary N) is 1. The molecule has 0 atom stereocenters. The molecule has 0 aliphatic rings. The largest absolute Gasteiger partial charge is 0.456 e. The van der Waals surface area contributed by atoms with Crippen molar-refractivity contribution in [1.82, 2.24) is 0 Å². The van der Waals surface area contributed by atoms with Crippen molar-refractivity contribution in [2.75, 3.05) is 5.32 Å². The number of carbonyl (C=O) groups excluding carboxylic acids is 1. The highest BCUT2D eigenvalue weighted by Gasteiger charge is 2.11. The molecule has 1 aromatic heterocycles. The van der Waals surface area contributed by atoms with E-state index in [-0.39, 0.29) is 11.3 Å². The normalized spacial score (nSPS) is 10.8. The topological polar surface area (TPSA) is 59.3 Å². The maximum Gasteiger partial charge on any atom is 0.255 e. The van der Waals surface area contributed by atoms with Crippen LogP contribution in [0.5, 0.6) is 0 Å². The molecule has 1 heterocycles. The molecule has 4 rings (SSSR count). The lowest BCUT2D eigenvalue weighted by Crippen LogP contribution is -2.12. The predicted molar refractivity (Wildman–Crippen MR) is 112 cm³/mol. The Labute approximate surface area is 166 Å². The number of aryl methyl sites for hydroxylation is 1. The average molecular weight is 390 g/mol. The van der Waals surface area contributed by atoms with Crippen LogP contribution in [-0.4, -0.2) is 5.91 Å². The van der Waals surface area contributed by atoms with E-state index in [1.165, 1.54) is 6.07 Å². The maximum atomic E-state index is 12.6. The number of hydrogen-bond acceptors (Lipinski definition) is 3. The molecule has 0 saturated carbocycles. The van der Waals surface area contributed by atoms with Crippen molar-refractivity contribution >= 4 is 34.2 Å². The third-order valence-corrected chi connectivity index (χ3v) is 4.75. The summed E-state index contributed by atoms with van der Waals surface area (Å²) in [6.45, 7) is 1.97. The Hall–Kier alpha value is -3.37. The van der Waals surface area contributed by atoms with Crippen molar-refractivity contribution in [3.8, 4) is 11.3 Å². The van der Waals surface area contributed by atoms with Crippen LogP contribution in [0.1, 0.15) is 15.9 Å². The Bertz CT molecular complexity index is 1240. The number of hydrogen-bond donors (Lipinski definition) is 1. The van der Waals surface area contributed by atoms with Crippen molar-refractivity contribution in [2.45, 2.75) is 6.92 Å². The van der Waals surface area contributed by atoms with Gasteiger partial charge < -0.3 is 9.73 Å². The summed E-state index contributed by atoms with van der Waals surface area (Å²) in [6.07, 6.45) is 0. The van der Waals surface area contributed by atoms with E-state index in [1.54, 1.807) is 42.5 Å². The van der Waals surface area contributed by atoms with Crippen LogP contribution in [0.15, 0.2) is 82.0 Å². The fraction of sp³-hybridized carbons (Fsp3) is 0.0435. The molecule has 1 N–H and O–H groups in total. The molecule has 0 aliphatic heterocycles. The lowest BCUT2D eigenvalue weighted by Gasteiger charge is -2.08. The number of amides is 1. The highest BCUT2D eigenvalue weighted by atomic mass is 35.5. The summed E-state index contributed by atoms with van der Waals surface area (Å²) in [5.41, 5.74) is 3.20. The smallest absolute Gasteiger partial charge is 0.255 e. The van der Waals surface area contributed by atoms with Gasteiger partial charge >= 0.3 is 0 Å². The standard InChI is InChI=1S/C23H16ClNO3/c1-14-4-2-3-5-18(14)22-13-20(26)19-12-17(10-11-21(19)28-22)25-23(27)15-6-8-16(24)9-7-15/h2-13H,1H3,(H,25,27). The summed E-state index contributed by atoms with van der Waals surface area (Å²) in [5, 5.41) is 3.76. The minimum Gasteiger partial charge on any atom is -0.456 e. The van der Waals surface area contributed by atoms with Gasteiger partial charge in [0, 0.05) is 27.9 Å². The zero-order valence-electron chi connectivity index (χ0n) is 15.0. The van der Waals surface area contributed by atoms with Gasteiger partial charge in [0.15, 0.2) is 5.43 Å². The summed E-state index contributed by atoms with van der Waals surface area (Å²) in [7, 11) is 0. The first-order valence-electron chi connectivity index (χ1n) is 8.72. The Morgan fingerprint density at radius 2 is 1.71 bits per heavy atom. The second kappa shape index (κ2) is 7.33. The zero-order valence-corrected chi connectivity index (χ0v) is 15.8. The molecule has 3 aromatic carbocycles. The van der Waals surface area contributed by atoms with Gasteiger partial charge in [-0.05, 0) is 55.0 Å². The van der Waals surface area contributed by atoms with Crippen LogP contribution < -0.4 is 10.7 Å². The lowest BCUT2D eigenvalue weighted by atomic mass is 10.1. The molecule has 0 bridgehead atoms. The van der Waals surface area contributed by atoms with Gasteiger partial charge in [-0.3, -0.25) is 9.59 Å². The summed E-state index contributed by atoms with van der Waals surface area (Å²) < 4.78 is 5.94. The van der Waals surface area contributed by atoms with Gasteiger partial charge in [0.05, 0.1) is 5.39 Å². The van der Waals surface area contributed by atoms with E-state index in [9.17, 15) is 9.59 Å². The number of fused-ring (bicyclic) bond motifs is 1. The molecule has 4 nitrogen and oxygen atoms in total. The van der Waals surface area contributed by atoms with Gasteiger partial charge in [0.1, 0.15) is 11.3 Å². The van der Waals surface area contributed by atoms with Crippen LogP contribution in [-0.2, 0) is 0 Å². The monoisotopic (exact) mass is 389 g/mol. The molecule has 0 aliphatic carbocycles. The number of carbonyl (C=O) groups is 1. The Kier molecular flexibility index (Phi) is 4.72. The molecule has 0 saturated heterocycles. The van der Waals surface area contributed by atoms with Crippen LogP contribution in [0.3, 0.4) is 0 Å². The molecule has 5 heteroatoms. The molecule has 0 unspecified atom stereocenters. The van der Waals surface area contributed by atoms with E-state index in [0.29, 0.717) is 33.0 Å². The van der Waals surface area contributed by atoms with Crippen molar-refractivity contribution < 1.29 is 9.21 Å². The molecule has 138 valence electrons. The summed E-state index contributed by atoms with van der Waals surface area (Å²) in [5.74, 6) is 0.241. The Balaban J connectivity index is 1.68. The highest BCUT2D eigenvalue weighted by Crippen LogP contribution is 2.26. The third kappa shape index (κ3) is 3.55. The number of benzene rings is 3. The minimum absolute atomic E-state index is 0.165. The maximum absolute atomic E-state index is 12.6. The zero-order chi connectivity index (χ0) is 19.7. The number of anilines is 1. The van der Waals surface area contributed by atoms with E-state index >= 15 is 0 Å². The lowest BCUT2D eigenvalue weighted by molar-refractivity contribution is 0.102. The van der Waals surface area contributed by atoms with Crippen molar-refractivity contribution in [2.24, 2.45) is 0 Å². The summed E-state index contributed by atoms with van der Waals surface area (Å²) in [4.78, 5) is 25.0. The first-order valence-corrected chi connectivity index (χ1v) is 9.10. The van der Waals surface area contributed by atoms with E-state index in [1.807, 2.05) is 31.2 Å². The second-order valence-corrected chi connectivity index (χ2v) is 6.90. The Morgan fingerprint density at radius 3 is 2.46 bits per heavy atom. The van der Waals surface area contributed by atoms with Gasteiger partial charge in [-0.15, -0.1) is 0 Å². The first-order chi connectivity index (χ1) is 13.5. The quantitative estimate of drug-likeness (QED) is 0.490. The molecule has 4 aromatic rings. The van der Waals surface area contributed by atoms with Gasteiger partial charge in [0.2, 0.25) is 0 Å². The van der Waals surface area contributed by atoms with Crippen LogP contribution in [0.25, 0.3) is 22.3 Å². The summed E-state index contributed by atoms with van der Waals surface area (Å²) in [6, 6.07) is 20.8. The fourth-order valence-corrected chi connectivity index (χ4v) is 3.15. The van der Waals surface area contributed by atoms with Crippen LogP contribution in [0, 0.1) is 6.92 Å². The molecule has 1 amide bonds. The van der Waals surface area contributed by atoms with E-state index in [4.69, 9.17) is 16.0 Å². The SMILES string of the molecule is Cc1ccccc1-c1cc(=O)c2cc(NC(=O)c3ccc(Cl)cc3)ccc2o1. The molecule has 0 fully saturated rings. The average Bonchev–Trinajstić information content (AvgIpc) is 2.69. The second-order valence-electron chi connectivity index (χ2n) is 6.46. The number of halogens is 1. The third-order valence-electron chi connectivity index (χ3n) is 4.50. The molecule has 0 radical (unpaired) electrons. The first kappa shape index (κ1) is 18.0. The summed E-state index contributed by atoms with van der Waals surface area (Å²) >= 11 is 5.85. The van der Waals surface area contributed by atoms with E-state index < -0.39 is 0 Å². The van der Waals surface area contributed by atoms with Gasteiger partial charge in [-0.25, -0.2) is 0 Å². The van der Waals surface area contributed by atoms with Crippen molar-refractivity contribution in [3.05, 3.63) is 99.2 Å². The van der Waals surface area contributed by atoms with Crippen LogP contribution in [0.2, 0.25) is 5.02 Å².